The lowest BCUT2D eigenvalue weighted by molar-refractivity contribution is 0.00601. The summed E-state index contributed by atoms with van der Waals surface area (Å²) >= 11 is 0. The van der Waals surface area contributed by atoms with Crippen LogP contribution in [-0.4, -0.2) is 31.4 Å². The van der Waals surface area contributed by atoms with Gasteiger partial charge in [-0.1, -0.05) is 17.7 Å². The molecule has 2 atom stereocenters. The highest BCUT2D eigenvalue weighted by molar-refractivity contribution is 5.89. The molecule has 0 radical (unpaired) electrons. The molecule has 20 heavy (non-hydrogen) atoms. The first-order valence-corrected chi connectivity index (χ1v) is 6.44. The van der Waals surface area contributed by atoms with Gasteiger partial charge in [-0.05, 0) is 32.9 Å². The average Bonchev–Trinajstić information content (AvgIpc) is 2.38. The van der Waals surface area contributed by atoms with Gasteiger partial charge in [0.2, 0.25) is 0 Å². The van der Waals surface area contributed by atoms with E-state index in [1.54, 1.807) is 26.0 Å². The van der Waals surface area contributed by atoms with E-state index in [4.69, 9.17) is 9.47 Å². The van der Waals surface area contributed by atoms with E-state index in [1.165, 1.54) is 7.11 Å². The van der Waals surface area contributed by atoms with Crippen molar-refractivity contribution in [3.63, 3.8) is 0 Å². The van der Waals surface area contributed by atoms with Gasteiger partial charge in [-0.15, -0.1) is 0 Å². The van der Waals surface area contributed by atoms with Crippen LogP contribution < -0.4 is 0 Å². The quantitative estimate of drug-likeness (QED) is 0.775. The van der Waals surface area contributed by atoms with Crippen molar-refractivity contribution in [2.24, 2.45) is 0 Å². The maximum atomic E-state index is 11.9. The summed E-state index contributed by atoms with van der Waals surface area (Å²) < 4.78 is 14.6. The number of carbonyl (C=O) groups is 2. The minimum Gasteiger partial charge on any atom is -0.459 e. The predicted octanol–water partition coefficient (Wildman–Crippen LogP) is 3.10. The number of rotatable bonds is 5. The predicted molar refractivity (Wildman–Crippen MR) is 73.6 cm³/mol. The molecule has 5 heteroatoms. The van der Waals surface area contributed by atoms with Crippen LogP contribution in [0.5, 0.6) is 0 Å². The Labute approximate surface area is 118 Å². The number of hydrogen-bond acceptors (Lipinski definition) is 5. The average molecular weight is 280 g/mol. The summed E-state index contributed by atoms with van der Waals surface area (Å²) in [7, 11) is 1.25. The van der Waals surface area contributed by atoms with Crippen LogP contribution in [0.2, 0.25) is 0 Å². The molecule has 0 heterocycles. The zero-order chi connectivity index (χ0) is 15.1. The van der Waals surface area contributed by atoms with E-state index in [0.29, 0.717) is 12.0 Å². The molecule has 0 bridgehead atoms. The first-order chi connectivity index (χ1) is 9.42. The van der Waals surface area contributed by atoms with Gasteiger partial charge in [0, 0.05) is 6.42 Å². The van der Waals surface area contributed by atoms with Crippen LogP contribution in [0.4, 0.5) is 4.79 Å². The van der Waals surface area contributed by atoms with Crippen molar-refractivity contribution in [3.8, 4) is 0 Å². The first kappa shape index (κ1) is 16.0. The van der Waals surface area contributed by atoms with Gasteiger partial charge in [0.05, 0.1) is 12.7 Å². The van der Waals surface area contributed by atoms with E-state index in [-0.39, 0.29) is 18.2 Å². The monoisotopic (exact) mass is 280 g/mol. The highest BCUT2D eigenvalue weighted by atomic mass is 16.7. The third-order valence-corrected chi connectivity index (χ3v) is 2.72. The third-order valence-electron chi connectivity index (χ3n) is 2.72. The highest BCUT2D eigenvalue weighted by Crippen LogP contribution is 2.11. The van der Waals surface area contributed by atoms with Crippen LogP contribution in [0.15, 0.2) is 24.3 Å². The molecule has 0 saturated heterocycles. The third kappa shape index (κ3) is 5.30. The molecule has 1 rings (SSSR count). The number of aryl methyl sites for hydroxylation is 1. The summed E-state index contributed by atoms with van der Waals surface area (Å²) in [6.45, 7) is 5.42. The zero-order valence-electron chi connectivity index (χ0n) is 12.2. The fraction of sp³-hybridized carbons (Fsp3) is 0.467. The Morgan fingerprint density at radius 1 is 1.05 bits per heavy atom. The molecule has 0 amide bonds. The second kappa shape index (κ2) is 7.53. The van der Waals surface area contributed by atoms with E-state index < -0.39 is 6.16 Å². The smallest absolute Gasteiger partial charge is 0.459 e. The molecule has 0 aliphatic heterocycles. The van der Waals surface area contributed by atoms with Crippen molar-refractivity contribution in [2.75, 3.05) is 7.11 Å². The van der Waals surface area contributed by atoms with Gasteiger partial charge in [0.1, 0.15) is 12.2 Å². The maximum Gasteiger partial charge on any atom is 0.508 e. The summed E-state index contributed by atoms with van der Waals surface area (Å²) in [6.07, 6.45) is -1.08. The van der Waals surface area contributed by atoms with E-state index in [0.717, 1.165) is 5.56 Å². The Morgan fingerprint density at radius 3 is 2.15 bits per heavy atom. The standard InChI is InChI=1S/C15H20O5/c1-10-5-7-13(8-6-10)14(16)19-11(2)9-12(3)20-15(17)18-4/h5-8,11-12H,9H2,1-4H3. The molecular formula is C15H20O5. The molecule has 5 nitrogen and oxygen atoms in total. The van der Waals surface area contributed by atoms with Gasteiger partial charge in [0.25, 0.3) is 0 Å². The van der Waals surface area contributed by atoms with Crippen LogP contribution in [0.3, 0.4) is 0 Å². The van der Waals surface area contributed by atoms with E-state index in [1.807, 2.05) is 19.1 Å². The highest BCUT2D eigenvalue weighted by Gasteiger charge is 2.17. The molecule has 0 spiro atoms. The van der Waals surface area contributed by atoms with Crippen molar-refractivity contribution in [2.45, 2.75) is 39.4 Å². The molecule has 0 aliphatic rings. The summed E-state index contributed by atoms with van der Waals surface area (Å²) in [5.74, 6) is -0.386. The summed E-state index contributed by atoms with van der Waals surface area (Å²) in [4.78, 5) is 22.8. The van der Waals surface area contributed by atoms with E-state index in [9.17, 15) is 9.59 Å². The molecule has 0 saturated carbocycles. The van der Waals surface area contributed by atoms with Crippen molar-refractivity contribution >= 4 is 12.1 Å². The van der Waals surface area contributed by atoms with Gasteiger partial charge in [-0.2, -0.15) is 0 Å². The Kier molecular flexibility index (Phi) is 6.03. The van der Waals surface area contributed by atoms with E-state index >= 15 is 0 Å². The molecule has 0 fully saturated rings. The molecule has 2 unspecified atom stereocenters. The fourth-order valence-electron chi connectivity index (χ4n) is 1.72. The van der Waals surface area contributed by atoms with Gasteiger partial charge < -0.3 is 14.2 Å². The van der Waals surface area contributed by atoms with Crippen molar-refractivity contribution in [1.82, 2.24) is 0 Å². The normalized spacial score (nSPS) is 13.2. The van der Waals surface area contributed by atoms with Crippen molar-refractivity contribution < 1.29 is 23.8 Å². The lowest BCUT2D eigenvalue weighted by atomic mass is 10.1. The van der Waals surface area contributed by atoms with Crippen molar-refractivity contribution in [1.29, 1.82) is 0 Å². The SMILES string of the molecule is COC(=O)OC(C)CC(C)OC(=O)c1ccc(C)cc1. The van der Waals surface area contributed by atoms with Crippen LogP contribution in [0, 0.1) is 6.92 Å². The molecule has 1 aromatic rings. The molecule has 0 N–H and O–H groups in total. The maximum absolute atomic E-state index is 11.9. The van der Waals surface area contributed by atoms with Gasteiger partial charge >= 0.3 is 12.1 Å². The van der Waals surface area contributed by atoms with Crippen LogP contribution in [-0.2, 0) is 14.2 Å². The molecule has 110 valence electrons. The largest absolute Gasteiger partial charge is 0.508 e. The minimum atomic E-state index is -0.741. The molecule has 1 aromatic carbocycles. The summed E-state index contributed by atoms with van der Waals surface area (Å²) in [5.41, 5.74) is 1.58. The second-order valence-corrected chi connectivity index (χ2v) is 4.70. The van der Waals surface area contributed by atoms with Crippen LogP contribution in [0.1, 0.15) is 36.2 Å². The number of ether oxygens (including phenoxy) is 3. The number of carbonyl (C=O) groups excluding carboxylic acids is 2. The second-order valence-electron chi connectivity index (χ2n) is 4.70. The van der Waals surface area contributed by atoms with Gasteiger partial charge in [-0.25, -0.2) is 9.59 Å². The number of esters is 1. The van der Waals surface area contributed by atoms with Gasteiger partial charge in [0.15, 0.2) is 0 Å². The topological polar surface area (TPSA) is 61.8 Å². The fourth-order valence-corrected chi connectivity index (χ4v) is 1.72. The number of methoxy groups -OCH3 is 1. The Hall–Kier alpha value is -2.04. The zero-order valence-corrected chi connectivity index (χ0v) is 12.2. The molecular weight excluding hydrogens is 260 g/mol. The van der Waals surface area contributed by atoms with E-state index in [2.05, 4.69) is 4.74 Å². The number of hydrogen-bond donors (Lipinski definition) is 0. The summed E-state index contributed by atoms with van der Waals surface area (Å²) in [6, 6.07) is 7.14. The first-order valence-electron chi connectivity index (χ1n) is 6.44. The van der Waals surface area contributed by atoms with Crippen LogP contribution >= 0.6 is 0 Å². The molecule has 0 aromatic heterocycles. The number of benzene rings is 1. The lowest BCUT2D eigenvalue weighted by Gasteiger charge is -2.17. The minimum absolute atomic E-state index is 0.358. The molecule has 0 aliphatic carbocycles. The Bertz CT molecular complexity index is 452. The lowest BCUT2D eigenvalue weighted by Crippen LogP contribution is -2.23. The van der Waals surface area contributed by atoms with Gasteiger partial charge in [-0.3, -0.25) is 0 Å². The summed E-state index contributed by atoms with van der Waals surface area (Å²) in [5, 5.41) is 0. The Morgan fingerprint density at radius 2 is 1.60 bits per heavy atom. The van der Waals surface area contributed by atoms with Crippen molar-refractivity contribution in [3.05, 3.63) is 35.4 Å². The Balaban J connectivity index is 2.45. The van der Waals surface area contributed by atoms with Crippen LogP contribution in [0.25, 0.3) is 0 Å².